The molecule has 0 fully saturated rings. The molecule has 0 unspecified atom stereocenters. The zero-order valence-electron chi connectivity index (χ0n) is 12.5. The maximum atomic E-state index is 4.58. The van der Waals surface area contributed by atoms with Gasteiger partial charge < -0.3 is 0 Å². The van der Waals surface area contributed by atoms with Crippen molar-refractivity contribution >= 4 is 21.5 Å². The lowest BCUT2D eigenvalue weighted by Crippen LogP contribution is -1.93. The van der Waals surface area contributed by atoms with Crippen molar-refractivity contribution < 1.29 is 0 Å². The molecule has 0 aliphatic heterocycles. The first-order chi connectivity index (χ1) is 10.8. The maximum Gasteiger partial charge on any atom is 0.0453 e. The highest BCUT2D eigenvalue weighted by Crippen LogP contribution is 2.21. The van der Waals surface area contributed by atoms with Crippen LogP contribution < -0.4 is 0 Å². The number of fused-ring (bicyclic) bond motifs is 2. The van der Waals surface area contributed by atoms with Gasteiger partial charge in [-0.3, -0.25) is 9.97 Å². The van der Waals surface area contributed by atoms with Crippen molar-refractivity contribution in [3.8, 4) is 0 Å². The Balaban J connectivity index is 1.72. The smallest absolute Gasteiger partial charge is 0.0453 e. The second-order valence-corrected chi connectivity index (χ2v) is 5.71. The Morgan fingerprint density at radius 1 is 0.818 bits per heavy atom. The fraction of sp³-hybridized carbons (Fsp3) is 0.100. The molecule has 106 valence electrons. The van der Waals surface area contributed by atoms with E-state index in [9.17, 15) is 0 Å². The molecule has 0 N–H and O–H groups in total. The topological polar surface area (TPSA) is 25.8 Å². The molecule has 22 heavy (non-hydrogen) atoms. The summed E-state index contributed by atoms with van der Waals surface area (Å²) in [4.78, 5) is 8.87. The molecule has 0 amide bonds. The Morgan fingerprint density at radius 2 is 1.68 bits per heavy atom. The van der Waals surface area contributed by atoms with Gasteiger partial charge in [-0.2, -0.15) is 0 Å². The summed E-state index contributed by atoms with van der Waals surface area (Å²) in [6.45, 7) is 2.10. The Kier molecular flexibility index (Phi) is 3.08. The van der Waals surface area contributed by atoms with Crippen LogP contribution in [0, 0.1) is 6.92 Å². The van der Waals surface area contributed by atoms with Crippen LogP contribution in [0.1, 0.15) is 16.8 Å². The summed E-state index contributed by atoms with van der Waals surface area (Å²) in [6, 6.07) is 17.1. The van der Waals surface area contributed by atoms with Crippen LogP contribution in [-0.2, 0) is 6.42 Å². The largest absolute Gasteiger partial charge is 0.264 e. The first-order valence-electron chi connectivity index (χ1n) is 7.46. The van der Waals surface area contributed by atoms with Gasteiger partial charge in [0, 0.05) is 41.5 Å². The molecule has 4 rings (SSSR count). The summed E-state index contributed by atoms with van der Waals surface area (Å²) in [7, 11) is 0. The van der Waals surface area contributed by atoms with E-state index >= 15 is 0 Å². The van der Waals surface area contributed by atoms with Crippen molar-refractivity contribution in [3.63, 3.8) is 0 Å². The van der Waals surface area contributed by atoms with Gasteiger partial charge in [-0.05, 0) is 41.0 Å². The molecule has 2 aromatic carbocycles. The Hall–Kier alpha value is -2.74. The predicted octanol–water partition coefficient (Wildman–Crippen LogP) is 4.68. The minimum absolute atomic E-state index is 0.842. The molecule has 0 aliphatic rings. The number of aryl methyl sites for hydroxylation is 1. The SMILES string of the molecule is Cc1cncc2cc(Cc3cc4ccccc4cn3)ccc12. The molecule has 0 saturated heterocycles. The van der Waals surface area contributed by atoms with Gasteiger partial charge in [0.1, 0.15) is 0 Å². The van der Waals surface area contributed by atoms with Gasteiger partial charge in [-0.25, -0.2) is 0 Å². The van der Waals surface area contributed by atoms with Crippen molar-refractivity contribution in [1.82, 2.24) is 9.97 Å². The molecule has 0 bridgehead atoms. The third-order valence-corrected chi connectivity index (χ3v) is 4.10. The van der Waals surface area contributed by atoms with Gasteiger partial charge >= 0.3 is 0 Å². The van der Waals surface area contributed by atoms with Crippen molar-refractivity contribution in [2.75, 3.05) is 0 Å². The number of hydrogen-bond acceptors (Lipinski definition) is 2. The third-order valence-electron chi connectivity index (χ3n) is 4.10. The first-order valence-corrected chi connectivity index (χ1v) is 7.46. The van der Waals surface area contributed by atoms with Crippen molar-refractivity contribution in [2.45, 2.75) is 13.3 Å². The standard InChI is InChI=1S/C20H16N2/c1-14-11-21-12-18-8-15(6-7-20(14)18)9-19-10-16-4-2-3-5-17(16)13-22-19/h2-8,10-13H,9H2,1H3. The summed E-state index contributed by atoms with van der Waals surface area (Å²) in [5, 5.41) is 4.89. The van der Waals surface area contributed by atoms with Crippen LogP contribution >= 0.6 is 0 Å². The second kappa shape index (κ2) is 5.23. The number of hydrogen-bond donors (Lipinski definition) is 0. The number of aromatic nitrogens is 2. The van der Waals surface area contributed by atoms with Gasteiger partial charge in [0.05, 0.1) is 0 Å². The maximum absolute atomic E-state index is 4.58. The van der Waals surface area contributed by atoms with Crippen LogP contribution in [0.25, 0.3) is 21.5 Å². The highest BCUT2D eigenvalue weighted by Gasteiger charge is 2.03. The molecule has 0 aliphatic carbocycles. The van der Waals surface area contributed by atoms with E-state index < -0.39 is 0 Å². The summed E-state index contributed by atoms with van der Waals surface area (Å²) >= 11 is 0. The lowest BCUT2D eigenvalue weighted by atomic mass is 10.0. The van der Waals surface area contributed by atoms with Crippen molar-refractivity contribution in [2.24, 2.45) is 0 Å². The van der Waals surface area contributed by atoms with E-state index in [1.807, 2.05) is 24.7 Å². The van der Waals surface area contributed by atoms with Crippen molar-refractivity contribution in [3.05, 3.63) is 83.9 Å². The summed E-state index contributed by atoms with van der Waals surface area (Å²) in [5.41, 5.74) is 3.58. The number of pyridine rings is 2. The van der Waals surface area contributed by atoms with E-state index in [0.29, 0.717) is 0 Å². The van der Waals surface area contributed by atoms with Crippen LogP contribution in [0.3, 0.4) is 0 Å². The minimum Gasteiger partial charge on any atom is -0.264 e. The quantitative estimate of drug-likeness (QED) is 0.534. The zero-order chi connectivity index (χ0) is 14.9. The van der Waals surface area contributed by atoms with Crippen LogP contribution in [0.5, 0.6) is 0 Å². The second-order valence-electron chi connectivity index (χ2n) is 5.71. The molecule has 0 saturated carbocycles. The summed E-state index contributed by atoms with van der Waals surface area (Å²) in [5.74, 6) is 0. The Labute approximate surface area is 129 Å². The molecular formula is C20H16N2. The normalized spacial score (nSPS) is 11.1. The third kappa shape index (κ3) is 2.33. The highest BCUT2D eigenvalue weighted by atomic mass is 14.7. The van der Waals surface area contributed by atoms with E-state index in [-0.39, 0.29) is 0 Å². The molecule has 0 atom stereocenters. The van der Waals surface area contributed by atoms with Gasteiger partial charge in [-0.15, -0.1) is 0 Å². The molecular weight excluding hydrogens is 268 g/mol. The van der Waals surface area contributed by atoms with Crippen LogP contribution in [0.2, 0.25) is 0 Å². The molecule has 0 spiro atoms. The van der Waals surface area contributed by atoms with Gasteiger partial charge in [0.2, 0.25) is 0 Å². The van der Waals surface area contributed by atoms with E-state index in [0.717, 1.165) is 12.1 Å². The first kappa shape index (κ1) is 13.0. The van der Waals surface area contributed by atoms with Crippen molar-refractivity contribution in [1.29, 1.82) is 0 Å². The van der Waals surface area contributed by atoms with E-state index in [1.165, 1.54) is 32.7 Å². The Morgan fingerprint density at radius 3 is 2.59 bits per heavy atom. The number of rotatable bonds is 2. The zero-order valence-corrected chi connectivity index (χ0v) is 12.5. The van der Waals surface area contributed by atoms with Crippen LogP contribution in [0.4, 0.5) is 0 Å². The Bertz CT molecular complexity index is 973. The number of nitrogens with zero attached hydrogens (tertiary/aromatic N) is 2. The predicted molar refractivity (Wildman–Crippen MR) is 91.0 cm³/mol. The summed E-state index contributed by atoms with van der Waals surface area (Å²) < 4.78 is 0. The van der Waals surface area contributed by atoms with Crippen LogP contribution in [0.15, 0.2) is 67.1 Å². The molecule has 2 nitrogen and oxygen atoms in total. The molecule has 2 aromatic heterocycles. The van der Waals surface area contributed by atoms with Gasteiger partial charge in [-0.1, -0.05) is 36.4 Å². The average Bonchev–Trinajstić information content (AvgIpc) is 2.55. The summed E-state index contributed by atoms with van der Waals surface area (Å²) in [6.07, 6.45) is 6.64. The van der Waals surface area contributed by atoms with E-state index in [1.54, 1.807) is 0 Å². The molecule has 4 aromatic rings. The number of benzene rings is 2. The fourth-order valence-electron chi connectivity index (χ4n) is 2.92. The lowest BCUT2D eigenvalue weighted by molar-refractivity contribution is 1.09. The van der Waals surface area contributed by atoms with E-state index in [2.05, 4.69) is 59.4 Å². The highest BCUT2D eigenvalue weighted by molar-refractivity contribution is 5.85. The van der Waals surface area contributed by atoms with Gasteiger partial charge in [0.15, 0.2) is 0 Å². The average molecular weight is 284 g/mol. The monoisotopic (exact) mass is 284 g/mol. The van der Waals surface area contributed by atoms with Gasteiger partial charge in [0.25, 0.3) is 0 Å². The fourth-order valence-corrected chi connectivity index (χ4v) is 2.92. The molecule has 2 heterocycles. The van der Waals surface area contributed by atoms with E-state index in [4.69, 9.17) is 0 Å². The van der Waals surface area contributed by atoms with Crippen LogP contribution in [-0.4, -0.2) is 9.97 Å². The minimum atomic E-state index is 0.842. The molecule has 2 heteroatoms. The molecule has 0 radical (unpaired) electrons. The lowest BCUT2D eigenvalue weighted by Gasteiger charge is -2.06.